The van der Waals surface area contributed by atoms with Crippen molar-refractivity contribution in [2.24, 2.45) is 5.41 Å². The summed E-state index contributed by atoms with van der Waals surface area (Å²) in [4.78, 5) is 0.387. The topological polar surface area (TPSA) is 46.6 Å². The summed E-state index contributed by atoms with van der Waals surface area (Å²) in [5.41, 5.74) is 4.63. The zero-order chi connectivity index (χ0) is 20.2. The van der Waals surface area contributed by atoms with Crippen LogP contribution in [0.4, 0.5) is 0 Å². The number of piperidine rings is 1. The van der Waals surface area contributed by atoms with Crippen molar-refractivity contribution in [2.75, 3.05) is 13.7 Å². The van der Waals surface area contributed by atoms with Gasteiger partial charge < -0.3 is 4.74 Å². The van der Waals surface area contributed by atoms with Gasteiger partial charge in [0.2, 0.25) is 10.0 Å². The number of allylic oxidation sites excluding steroid dienone is 1. The van der Waals surface area contributed by atoms with E-state index in [1.807, 2.05) is 25.1 Å². The molecule has 3 aliphatic rings. The highest BCUT2D eigenvalue weighted by Crippen LogP contribution is 2.65. The van der Waals surface area contributed by atoms with E-state index in [-0.39, 0.29) is 11.5 Å². The molecule has 1 fully saturated rings. The van der Waals surface area contributed by atoms with Crippen LogP contribution in [0.2, 0.25) is 0 Å². The van der Waals surface area contributed by atoms with E-state index in [2.05, 4.69) is 18.2 Å². The standard InChI is InChI=1S/C24H27NO3S/c1-17-7-10-19(11-8-17)29(26,27)25-15-5-14-24-13-4-3-6-22(24)20-12-9-18(28-2)16-21(20)23(24)25/h6-12,16,23H,3-5,13-15H2,1-2H3/t23-,24+/m0/s1. The normalized spacial score (nSPS) is 26.3. The van der Waals surface area contributed by atoms with Crippen molar-refractivity contribution in [1.29, 1.82) is 0 Å². The van der Waals surface area contributed by atoms with Crippen molar-refractivity contribution >= 4 is 15.6 Å². The van der Waals surface area contributed by atoms with Gasteiger partial charge in [0.1, 0.15) is 5.75 Å². The fourth-order valence-electron chi connectivity index (χ4n) is 5.71. The first-order chi connectivity index (χ1) is 14.0. The molecule has 1 heterocycles. The molecule has 0 amide bonds. The average molecular weight is 410 g/mol. The van der Waals surface area contributed by atoms with Crippen LogP contribution in [0, 0.1) is 12.3 Å². The second-order valence-electron chi connectivity index (χ2n) is 8.55. The molecule has 2 atom stereocenters. The van der Waals surface area contributed by atoms with Crippen LogP contribution in [-0.4, -0.2) is 26.4 Å². The summed E-state index contributed by atoms with van der Waals surface area (Å²) < 4.78 is 34.8. The molecule has 0 radical (unpaired) electrons. The lowest BCUT2D eigenvalue weighted by atomic mass is 9.66. The third-order valence-electron chi connectivity index (χ3n) is 7.00. The predicted octanol–water partition coefficient (Wildman–Crippen LogP) is 5.10. The van der Waals surface area contributed by atoms with E-state index in [4.69, 9.17) is 4.74 Å². The Morgan fingerprint density at radius 1 is 1.07 bits per heavy atom. The van der Waals surface area contributed by atoms with Gasteiger partial charge in [-0.05, 0) is 80.0 Å². The molecule has 5 rings (SSSR count). The molecule has 2 aromatic rings. The molecule has 29 heavy (non-hydrogen) atoms. The number of rotatable bonds is 3. The van der Waals surface area contributed by atoms with Gasteiger partial charge >= 0.3 is 0 Å². The van der Waals surface area contributed by atoms with Crippen LogP contribution in [0.15, 0.2) is 53.4 Å². The van der Waals surface area contributed by atoms with Crippen molar-refractivity contribution in [3.8, 4) is 5.75 Å². The number of hydrogen-bond donors (Lipinski definition) is 0. The number of benzene rings is 2. The maximum Gasteiger partial charge on any atom is 0.243 e. The summed E-state index contributed by atoms with van der Waals surface area (Å²) >= 11 is 0. The minimum absolute atomic E-state index is 0.108. The molecule has 152 valence electrons. The summed E-state index contributed by atoms with van der Waals surface area (Å²) in [5, 5.41) is 0. The molecule has 0 saturated carbocycles. The van der Waals surface area contributed by atoms with Crippen molar-refractivity contribution in [3.05, 3.63) is 65.2 Å². The molecular formula is C24H27NO3S. The third-order valence-corrected chi connectivity index (χ3v) is 8.87. The fraction of sp³-hybridized carbons (Fsp3) is 0.417. The number of aryl methyl sites for hydroxylation is 1. The third kappa shape index (κ3) is 2.71. The number of fused-ring (bicyclic) bond motifs is 3. The molecule has 1 spiro atoms. The van der Waals surface area contributed by atoms with Crippen LogP contribution in [0.1, 0.15) is 54.8 Å². The summed E-state index contributed by atoms with van der Waals surface area (Å²) in [7, 11) is -1.92. The van der Waals surface area contributed by atoms with Crippen LogP contribution in [0.25, 0.3) is 5.57 Å². The van der Waals surface area contributed by atoms with E-state index in [0.717, 1.165) is 49.0 Å². The van der Waals surface area contributed by atoms with Crippen LogP contribution >= 0.6 is 0 Å². The number of methoxy groups -OCH3 is 1. The molecule has 0 bridgehead atoms. The average Bonchev–Trinajstić information content (AvgIpc) is 3.03. The Kier molecular flexibility index (Phi) is 4.37. The Balaban J connectivity index is 1.70. The van der Waals surface area contributed by atoms with Crippen LogP contribution in [-0.2, 0) is 10.0 Å². The lowest BCUT2D eigenvalue weighted by Crippen LogP contribution is -2.47. The van der Waals surface area contributed by atoms with E-state index in [0.29, 0.717) is 11.4 Å². The Bertz CT molecular complexity index is 1090. The predicted molar refractivity (Wildman–Crippen MR) is 114 cm³/mol. The minimum Gasteiger partial charge on any atom is -0.497 e. The van der Waals surface area contributed by atoms with Crippen molar-refractivity contribution in [2.45, 2.75) is 50.0 Å². The largest absolute Gasteiger partial charge is 0.497 e. The number of hydrogen-bond acceptors (Lipinski definition) is 3. The quantitative estimate of drug-likeness (QED) is 0.709. The SMILES string of the molecule is COc1ccc2c(c1)[C@@H]1N(S(=O)(=O)c3ccc(C)cc3)CCC[C@@]13CCCC=C23. The van der Waals surface area contributed by atoms with Crippen LogP contribution < -0.4 is 4.74 Å². The van der Waals surface area contributed by atoms with E-state index in [1.165, 1.54) is 11.1 Å². The lowest BCUT2D eigenvalue weighted by molar-refractivity contribution is 0.115. The van der Waals surface area contributed by atoms with Crippen molar-refractivity contribution in [1.82, 2.24) is 4.31 Å². The molecule has 1 saturated heterocycles. The first-order valence-electron chi connectivity index (χ1n) is 10.4. The number of nitrogens with zero attached hydrogens (tertiary/aromatic N) is 1. The van der Waals surface area contributed by atoms with Gasteiger partial charge in [-0.25, -0.2) is 8.42 Å². The first kappa shape index (κ1) is 18.9. The second-order valence-corrected chi connectivity index (χ2v) is 10.4. The van der Waals surface area contributed by atoms with Crippen LogP contribution in [0.5, 0.6) is 5.75 Å². The van der Waals surface area contributed by atoms with E-state index >= 15 is 0 Å². The monoisotopic (exact) mass is 409 g/mol. The summed E-state index contributed by atoms with van der Waals surface area (Å²) in [6, 6.07) is 13.3. The Morgan fingerprint density at radius 2 is 1.83 bits per heavy atom. The Morgan fingerprint density at radius 3 is 2.59 bits per heavy atom. The van der Waals surface area contributed by atoms with E-state index in [1.54, 1.807) is 23.5 Å². The van der Waals surface area contributed by atoms with E-state index in [9.17, 15) is 8.42 Å². The molecule has 4 nitrogen and oxygen atoms in total. The van der Waals surface area contributed by atoms with Crippen LogP contribution in [0.3, 0.4) is 0 Å². The highest BCUT2D eigenvalue weighted by Gasteiger charge is 2.56. The molecule has 2 aliphatic carbocycles. The zero-order valence-corrected chi connectivity index (χ0v) is 17.8. The van der Waals surface area contributed by atoms with Crippen molar-refractivity contribution in [3.63, 3.8) is 0 Å². The van der Waals surface area contributed by atoms with Gasteiger partial charge in [0, 0.05) is 12.0 Å². The number of sulfonamides is 1. The van der Waals surface area contributed by atoms with Crippen molar-refractivity contribution < 1.29 is 13.2 Å². The zero-order valence-electron chi connectivity index (χ0n) is 17.0. The van der Waals surface area contributed by atoms with Gasteiger partial charge in [-0.2, -0.15) is 4.31 Å². The van der Waals surface area contributed by atoms with Gasteiger partial charge in [-0.1, -0.05) is 29.8 Å². The smallest absolute Gasteiger partial charge is 0.243 e. The number of ether oxygens (including phenoxy) is 1. The van der Waals surface area contributed by atoms with Gasteiger partial charge in [-0.3, -0.25) is 0 Å². The molecular weight excluding hydrogens is 382 g/mol. The Hall–Kier alpha value is -2.11. The maximum atomic E-state index is 13.8. The first-order valence-corrected chi connectivity index (χ1v) is 11.9. The minimum atomic E-state index is -3.59. The van der Waals surface area contributed by atoms with E-state index < -0.39 is 10.0 Å². The van der Waals surface area contributed by atoms with Gasteiger partial charge in [0.25, 0.3) is 0 Å². The molecule has 2 aromatic carbocycles. The Labute approximate surface area is 173 Å². The summed E-state index contributed by atoms with van der Waals surface area (Å²) in [6.45, 7) is 2.54. The van der Waals surface area contributed by atoms with Gasteiger partial charge in [-0.15, -0.1) is 0 Å². The highest BCUT2D eigenvalue weighted by atomic mass is 32.2. The molecule has 0 aromatic heterocycles. The molecule has 0 N–H and O–H groups in total. The summed E-state index contributed by atoms with van der Waals surface area (Å²) in [5.74, 6) is 0.788. The lowest BCUT2D eigenvalue weighted by Gasteiger charge is -2.48. The maximum absolute atomic E-state index is 13.8. The summed E-state index contributed by atoms with van der Waals surface area (Å²) in [6.07, 6.45) is 7.52. The highest BCUT2D eigenvalue weighted by molar-refractivity contribution is 7.89. The second kappa shape index (κ2) is 6.71. The molecule has 5 heteroatoms. The van der Waals surface area contributed by atoms with Gasteiger partial charge in [0.05, 0.1) is 18.0 Å². The molecule has 0 unspecified atom stereocenters. The van der Waals surface area contributed by atoms with Gasteiger partial charge in [0.15, 0.2) is 0 Å². The molecule has 1 aliphatic heterocycles. The fourth-order valence-corrected chi connectivity index (χ4v) is 7.43.